The Morgan fingerprint density at radius 2 is 1.76 bits per heavy atom. The molecule has 2 aliphatic rings. The zero-order valence-electron chi connectivity index (χ0n) is 15.4. The third kappa shape index (κ3) is 6.44. The standard InChI is InChI=1S/C21H33N3O/c25-21(7-6-18-8-12-22-13-9-18)23-16-19-10-14-24(15-11-19)17-20-4-2-1-3-5-20/h1-5,18-19,22H,6-17H2,(H,23,25). The molecular weight excluding hydrogens is 310 g/mol. The first kappa shape index (κ1) is 18.4. The lowest BCUT2D eigenvalue weighted by Crippen LogP contribution is -2.38. The molecule has 0 aromatic heterocycles. The molecule has 0 bridgehead atoms. The van der Waals surface area contributed by atoms with Crippen LogP contribution in [0.5, 0.6) is 0 Å². The highest BCUT2D eigenvalue weighted by Gasteiger charge is 2.20. The Morgan fingerprint density at radius 1 is 1.04 bits per heavy atom. The van der Waals surface area contributed by atoms with Crippen LogP contribution in [0, 0.1) is 11.8 Å². The van der Waals surface area contributed by atoms with E-state index in [0.29, 0.717) is 12.3 Å². The fourth-order valence-corrected chi connectivity index (χ4v) is 4.04. The van der Waals surface area contributed by atoms with E-state index in [1.165, 1.54) is 31.2 Å². The molecule has 0 aliphatic carbocycles. The van der Waals surface area contributed by atoms with E-state index in [0.717, 1.165) is 51.6 Å². The van der Waals surface area contributed by atoms with Gasteiger partial charge in [-0.3, -0.25) is 9.69 Å². The van der Waals surface area contributed by atoms with Gasteiger partial charge in [0.15, 0.2) is 0 Å². The first-order valence-electron chi connectivity index (χ1n) is 10.0. The second-order valence-corrected chi connectivity index (χ2v) is 7.74. The van der Waals surface area contributed by atoms with Gasteiger partial charge in [-0.05, 0) is 75.7 Å². The smallest absolute Gasteiger partial charge is 0.220 e. The minimum Gasteiger partial charge on any atom is -0.356 e. The Bertz CT molecular complexity index is 505. The molecule has 1 aromatic rings. The lowest BCUT2D eigenvalue weighted by atomic mass is 9.93. The number of hydrogen-bond donors (Lipinski definition) is 2. The van der Waals surface area contributed by atoms with Crippen molar-refractivity contribution < 1.29 is 4.79 Å². The Labute approximate surface area is 152 Å². The SMILES string of the molecule is O=C(CCC1CCNCC1)NCC1CCN(Cc2ccccc2)CC1. The van der Waals surface area contributed by atoms with Crippen LogP contribution in [-0.4, -0.2) is 43.5 Å². The molecule has 4 heteroatoms. The van der Waals surface area contributed by atoms with Crippen molar-refractivity contribution in [1.29, 1.82) is 0 Å². The van der Waals surface area contributed by atoms with Crippen molar-refractivity contribution in [2.75, 3.05) is 32.7 Å². The lowest BCUT2D eigenvalue weighted by molar-refractivity contribution is -0.121. The van der Waals surface area contributed by atoms with Crippen molar-refractivity contribution >= 4 is 5.91 Å². The average Bonchev–Trinajstić information content (AvgIpc) is 2.67. The van der Waals surface area contributed by atoms with Crippen molar-refractivity contribution in [3.05, 3.63) is 35.9 Å². The van der Waals surface area contributed by atoms with Crippen LogP contribution in [0.3, 0.4) is 0 Å². The Hall–Kier alpha value is -1.39. The van der Waals surface area contributed by atoms with Gasteiger partial charge in [-0.2, -0.15) is 0 Å². The summed E-state index contributed by atoms with van der Waals surface area (Å²) < 4.78 is 0. The minimum absolute atomic E-state index is 0.255. The molecule has 0 atom stereocenters. The molecule has 2 aliphatic heterocycles. The molecule has 0 unspecified atom stereocenters. The van der Waals surface area contributed by atoms with Crippen molar-refractivity contribution in [1.82, 2.24) is 15.5 Å². The molecule has 0 saturated carbocycles. The molecule has 4 nitrogen and oxygen atoms in total. The molecule has 2 heterocycles. The number of amides is 1. The highest BCUT2D eigenvalue weighted by Crippen LogP contribution is 2.19. The number of likely N-dealkylation sites (tertiary alicyclic amines) is 1. The van der Waals surface area contributed by atoms with Gasteiger partial charge in [0.2, 0.25) is 5.91 Å². The number of piperidine rings is 2. The Kier molecular flexibility index (Phi) is 7.31. The molecular formula is C21H33N3O. The Balaban J connectivity index is 1.27. The van der Waals surface area contributed by atoms with Gasteiger partial charge in [-0.25, -0.2) is 0 Å². The van der Waals surface area contributed by atoms with Crippen LogP contribution in [0.2, 0.25) is 0 Å². The average molecular weight is 344 g/mol. The molecule has 3 rings (SSSR count). The number of benzene rings is 1. The molecule has 1 amide bonds. The van der Waals surface area contributed by atoms with Gasteiger partial charge in [0, 0.05) is 19.5 Å². The highest BCUT2D eigenvalue weighted by atomic mass is 16.1. The summed E-state index contributed by atoms with van der Waals surface area (Å²) in [5, 5.41) is 6.57. The third-order valence-electron chi connectivity index (χ3n) is 5.78. The van der Waals surface area contributed by atoms with E-state index in [4.69, 9.17) is 0 Å². The second-order valence-electron chi connectivity index (χ2n) is 7.74. The molecule has 1 aromatic carbocycles. The van der Waals surface area contributed by atoms with E-state index in [1.54, 1.807) is 0 Å². The van der Waals surface area contributed by atoms with Gasteiger partial charge in [0.25, 0.3) is 0 Å². The van der Waals surface area contributed by atoms with Crippen LogP contribution in [0.4, 0.5) is 0 Å². The van der Waals surface area contributed by atoms with Crippen molar-refractivity contribution in [2.45, 2.75) is 45.1 Å². The highest BCUT2D eigenvalue weighted by molar-refractivity contribution is 5.75. The maximum atomic E-state index is 12.1. The number of nitrogens with zero attached hydrogens (tertiary/aromatic N) is 1. The van der Waals surface area contributed by atoms with E-state index in [9.17, 15) is 4.79 Å². The summed E-state index contributed by atoms with van der Waals surface area (Å²) in [6.07, 6.45) is 6.61. The summed E-state index contributed by atoms with van der Waals surface area (Å²) in [6, 6.07) is 10.7. The van der Waals surface area contributed by atoms with Crippen molar-refractivity contribution in [3.63, 3.8) is 0 Å². The van der Waals surface area contributed by atoms with E-state index in [1.807, 2.05) is 0 Å². The molecule has 2 fully saturated rings. The van der Waals surface area contributed by atoms with Gasteiger partial charge < -0.3 is 10.6 Å². The zero-order valence-corrected chi connectivity index (χ0v) is 15.4. The summed E-state index contributed by atoms with van der Waals surface area (Å²) in [5.41, 5.74) is 1.40. The van der Waals surface area contributed by atoms with Crippen LogP contribution in [0.1, 0.15) is 44.1 Å². The molecule has 0 spiro atoms. The van der Waals surface area contributed by atoms with E-state index in [2.05, 4.69) is 45.9 Å². The van der Waals surface area contributed by atoms with Gasteiger partial charge in [-0.1, -0.05) is 30.3 Å². The monoisotopic (exact) mass is 343 g/mol. The fraction of sp³-hybridized carbons (Fsp3) is 0.667. The van der Waals surface area contributed by atoms with Gasteiger partial charge in [0.05, 0.1) is 0 Å². The van der Waals surface area contributed by atoms with Crippen LogP contribution in [-0.2, 0) is 11.3 Å². The largest absolute Gasteiger partial charge is 0.356 e. The first-order valence-corrected chi connectivity index (χ1v) is 10.0. The molecule has 138 valence electrons. The molecule has 2 saturated heterocycles. The first-order chi connectivity index (χ1) is 12.3. The maximum absolute atomic E-state index is 12.1. The zero-order chi connectivity index (χ0) is 17.3. The second kappa shape index (κ2) is 9.93. The quantitative estimate of drug-likeness (QED) is 0.800. The number of nitrogens with one attached hydrogen (secondary N) is 2. The summed E-state index contributed by atoms with van der Waals surface area (Å²) >= 11 is 0. The third-order valence-corrected chi connectivity index (χ3v) is 5.78. The Morgan fingerprint density at radius 3 is 2.48 bits per heavy atom. The molecule has 2 N–H and O–H groups in total. The molecule has 0 radical (unpaired) electrons. The van der Waals surface area contributed by atoms with Crippen LogP contribution in [0.15, 0.2) is 30.3 Å². The van der Waals surface area contributed by atoms with E-state index >= 15 is 0 Å². The van der Waals surface area contributed by atoms with Gasteiger partial charge >= 0.3 is 0 Å². The normalized spacial score (nSPS) is 20.5. The summed E-state index contributed by atoms with van der Waals surface area (Å²) in [5.74, 6) is 1.65. The predicted octanol–water partition coefficient (Wildman–Crippen LogP) is 2.79. The van der Waals surface area contributed by atoms with Gasteiger partial charge in [-0.15, -0.1) is 0 Å². The number of carbonyl (C=O) groups is 1. The number of carbonyl (C=O) groups excluding carboxylic acids is 1. The predicted molar refractivity (Wildman–Crippen MR) is 102 cm³/mol. The fourth-order valence-electron chi connectivity index (χ4n) is 4.04. The van der Waals surface area contributed by atoms with Crippen LogP contribution < -0.4 is 10.6 Å². The van der Waals surface area contributed by atoms with Crippen LogP contribution in [0.25, 0.3) is 0 Å². The topological polar surface area (TPSA) is 44.4 Å². The number of hydrogen-bond acceptors (Lipinski definition) is 3. The maximum Gasteiger partial charge on any atom is 0.220 e. The van der Waals surface area contributed by atoms with Gasteiger partial charge in [0.1, 0.15) is 0 Å². The van der Waals surface area contributed by atoms with Crippen molar-refractivity contribution in [2.24, 2.45) is 11.8 Å². The lowest BCUT2D eigenvalue weighted by Gasteiger charge is -2.32. The number of rotatable bonds is 7. The van der Waals surface area contributed by atoms with E-state index < -0.39 is 0 Å². The van der Waals surface area contributed by atoms with Crippen LogP contribution >= 0.6 is 0 Å². The summed E-state index contributed by atoms with van der Waals surface area (Å²) in [4.78, 5) is 14.6. The van der Waals surface area contributed by atoms with Crippen molar-refractivity contribution in [3.8, 4) is 0 Å². The van der Waals surface area contributed by atoms with E-state index in [-0.39, 0.29) is 5.91 Å². The molecule has 25 heavy (non-hydrogen) atoms. The minimum atomic E-state index is 0.255. The summed E-state index contributed by atoms with van der Waals surface area (Å²) in [7, 11) is 0. The summed E-state index contributed by atoms with van der Waals surface area (Å²) in [6.45, 7) is 6.44.